The van der Waals surface area contributed by atoms with Crippen LogP contribution in [0.2, 0.25) is 0 Å². The van der Waals surface area contributed by atoms with Crippen LogP contribution in [0.25, 0.3) is 0 Å². The van der Waals surface area contributed by atoms with Gasteiger partial charge in [0.1, 0.15) is 0 Å². The first-order chi connectivity index (χ1) is 5.83. The second kappa shape index (κ2) is 17.1. The quantitative estimate of drug-likeness (QED) is 0.606. The first kappa shape index (κ1) is 14.4. The van der Waals surface area contributed by atoms with Crippen LogP contribution in [-0.2, 0) is 0 Å². The first-order valence-electron chi connectivity index (χ1n) is 5.08. The van der Waals surface area contributed by atoms with E-state index in [2.05, 4.69) is 19.2 Å². The van der Waals surface area contributed by atoms with Gasteiger partial charge in [0.2, 0.25) is 0 Å². The Morgan fingerprint density at radius 3 is 1.83 bits per heavy atom. The average molecular weight is 175 g/mol. The predicted molar refractivity (Wildman–Crippen MR) is 55.4 cm³/mol. The summed E-state index contributed by atoms with van der Waals surface area (Å²) in [7, 11) is 2.00. The highest BCUT2D eigenvalue weighted by molar-refractivity contribution is 4.39. The van der Waals surface area contributed by atoms with E-state index in [-0.39, 0.29) is 0 Å². The summed E-state index contributed by atoms with van der Waals surface area (Å²) in [4.78, 5) is 0. The van der Waals surface area contributed by atoms with E-state index in [1.54, 1.807) is 0 Å². The lowest BCUT2D eigenvalue weighted by atomic mass is 10.2. The molecule has 0 radical (unpaired) electrons. The molecule has 0 aliphatic carbocycles. The lowest BCUT2D eigenvalue weighted by Crippen LogP contribution is -2.06. The number of aliphatic hydroxyl groups excluding tert-OH is 1. The van der Waals surface area contributed by atoms with E-state index in [9.17, 15) is 0 Å². The van der Waals surface area contributed by atoms with Gasteiger partial charge >= 0.3 is 0 Å². The molecular weight excluding hydrogens is 150 g/mol. The summed E-state index contributed by atoms with van der Waals surface area (Å²) in [6, 6.07) is 0. The molecular formula is C10H25NO. The van der Waals surface area contributed by atoms with E-state index >= 15 is 0 Å². The van der Waals surface area contributed by atoms with Gasteiger partial charge in [0.25, 0.3) is 0 Å². The van der Waals surface area contributed by atoms with Gasteiger partial charge in [-0.25, -0.2) is 0 Å². The third kappa shape index (κ3) is 22.5. The van der Waals surface area contributed by atoms with Crippen LogP contribution in [0.15, 0.2) is 0 Å². The molecule has 0 saturated carbocycles. The molecule has 2 nitrogen and oxygen atoms in total. The maximum atomic E-state index is 8.07. The Morgan fingerprint density at radius 2 is 1.58 bits per heavy atom. The normalized spacial score (nSPS) is 9.00. The molecule has 12 heavy (non-hydrogen) atoms. The molecule has 0 aliphatic heterocycles. The summed E-state index contributed by atoms with van der Waals surface area (Å²) in [5.74, 6) is 0. The fourth-order valence-electron chi connectivity index (χ4n) is 0.710. The van der Waals surface area contributed by atoms with E-state index in [0.717, 1.165) is 12.8 Å². The predicted octanol–water partition coefficient (Wildman–Crippen LogP) is 2.17. The number of aliphatic hydroxyl groups is 1. The Kier molecular flexibility index (Phi) is 20.6. The zero-order valence-electron chi connectivity index (χ0n) is 8.90. The van der Waals surface area contributed by atoms with Crippen molar-refractivity contribution in [1.82, 2.24) is 5.32 Å². The molecule has 0 aromatic carbocycles. The summed E-state index contributed by atoms with van der Waals surface area (Å²) in [5.41, 5.74) is 0. The van der Waals surface area contributed by atoms with Gasteiger partial charge in [-0.1, -0.05) is 33.1 Å². The minimum absolute atomic E-state index is 0.344. The number of hydrogen-bond acceptors (Lipinski definition) is 2. The van der Waals surface area contributed by atoms with Crippen molar-refractivity contribution in [3.63, 3.8) is 0 Å². The standard InChI is InChI=1S/C6H15N.C4H10O/c1-3-4-5-6-7-2;1-2-3-4-5/h7H,3-6H2,1-2H3;5H,2-4H2,1H3. The van der Waals surface area contributed by atoms with Crippen molar-refractivity contribution in [3.05, 3.63) is 0 Å². The highest BCUT2D eigenvalue weighted by Gasteiger charge is 1.78. The van der Waals surface area contributed by atoms with Crippen molar-refractivity contribution in [1.29, 1.82) is 0 Å². The van der Waals surface area contributed by atoms with Crippen molar-refractivity contribution in [2.45, 2.75) is 46.0 Å². The molecule has 0 rings (SSSR count). The molecule has 0 heterocycles. The molecule has 0 fully saturated rings. The molecule has 0 aliphatic rings. The van der Waals surface area contributed by atoms with Crippen LogP contribution in [0.4, 0.5) is 0 Å². The number of unbranched alkanes of at least 4 members (excludes halogenated alkanes) is 3. The molecule has 2 N–H and O–H groups in total. The van der Waals surface area contributed by atoms with Crippen molar-refractivity contribution in [3.8, 4) is 0 Å². The Balaban J connectivity index is 0. The van der Waals surface area contributed by atoms with Crippen LogP contribution >= 0.6 is 0 Å². The van der Waals surface area contributed by atoms with Gasteiger partial charge in [0.05, 0.1) is 0 Å². The van der Waals surface area contributed by atoms with E-state index < -0.39 is 0 Å². The van der Waals surface area contributed by atoms with Crippen LogP contribution in [0, 0.1) is 0 Å². The third-order valence-electron chi connectivity index (χ3n) is 1.54. The molecule has 0 atom stereocenters. The van der Waals surface area contributed by atoms with Crippen LogP contribution in [0.5, 0.6) is 0 Å². The Labute approximate surface area is 77.4 Å². The molecule has 0 saturated heterocycles. The van der Waals surface area contributed by atoms with Crippen LogP contribution in [-0.4, -0.2) is 25.3 Å². The summed E-state index contributed by atoms with van der Waals surface area (Å²) < 4.78 is 0. The topological polar surface area (TPSA) is 32.3 Å². The number of nitrogens with one attached hydrogen (secondary N) is 1. The Bertz CT molecular complexity index is 51.8. The van der Waals surface area contributed by atoms with E-state index in [1.807, 2.05) is 7.05 Å². The number of hydrogen-bond donors (Lipinski definition) is 2. The maximum Gasteiger partial charge on any atom is 0.0430 e. The van der Waals surface area contributed by atoms with Gasteiger partial charge in [0.15, 0.2) is 0 Å². The summed E-state index contributed by atoms with van der Waals surface area (Å²) in [5, 5.41) is 11.2. The Morgan fingerprint density at radius 1 is 1.00 bits per heavy atom. The number of rotatable bonds is 6. The smallest absolute Gasteiger partial charge is 0.0430 e. The Hall–Kier alpha value is -0.0800. The highest BCUT2D eigenvalue weighted by atomic mass is 16.2. The van der Waals surface area contributed by atoms with Gasteiger partial charge < -0.3 is 10.4 Å². The second-order valence-electron chi connectivity index (χ2n) is 2.89. The fraction of sp³-hybridized carbons (Fsp3) is 1.00. The molecule has 76 valence electrons. The lowest BCUT2D eigenvalue weighted by Gasteiger charge is -1.93. The molecule has 0 aromatic rings. The van der Waals surface area contributed by atoms with E-state index in [4.69, 9.17) is 5.11 Å². The van der Waals surface area contributed by atoms with Gasteiger partial charge in [-0.05, 0) is 26.4 Å². The molecule has 0 spiro atoms. The van der Waals surface area contributed by atoms with Gasteiger partial charge in [-0.15, -0.1) is 0 Å². The molecule has 2 heteroatoms. The van der Waals surface area contributed by atoms with Gasteiger partial charge in [-0.2, -0.15) is 0 Å². The second-order valence-corrected chi connectivity index (χ2v) is 2.89. The molecule has 0 bridgehead atoms. The molecule has 0 aromatic heterocycles. The lowest BCUT2D eigenvalue weighted by molar-refractivity contribution is 0.287. The zero-order chi connectivity index (χ0) is 9.66. The van der Waals surface area contributed by atoms with Crippen molar-refractivity contribution < 1.29 is 5.11 Å². The van der Waals surface area contributed by atoms with Crippen molar-refractivity contribution in [2.75, 3.05) is 20.2 Å². The van der Waals surface area contributed by atoms with E-state index in [1.165, 1.54) is 25.8 Å². The van der Waals surface area contributed by atoms with Crippen LogP contribution in [0.3, 0.4) is 0 Å². The summed E-state index contributed by atoms with van der Waals surface area (Å²) in [6.45, 7) is 5.79. The van der Waals surface area contributed by atoms with Crippen LogP contribution in [0.1, 0.15) is 46.0 Å². The SMILES string of the molecule is CCCCCNC.CCCCO. The first-order valence-corrected chi connectivity index (χ1v) is 5.08. The fourth-order valence-corrected chi connectivity index (χ4v) is 0.710. The minimum atomic E-state index is 0.344. The van der Waals surface area contributed by atoms with Crippen molar-refractivity contribution >= 4 is 0 Å². The largest absolute Gasteiger partial charge is 0.396 e. The highest BCUT2D eigenvalue weighted by Crippen LogP contribution is 1.89. The van der Waals surface area contributed by atoms with Crippen molar-refractivity contribution in [2.24, 2.45) is 0 Å². The van der Waals surface area contributed by atoms with Crippen LogP contribution < -0.4 is 5.32 Å². The van der Waals surface area contributed by atoms with Gasteiger partial charge in [-0.3, -0.25) is 0 Å². The monoisotopic (exact) mass is 175 g/mol. The summed E-state index contributed by atoms with van der Waals surface area (Å²) >= 11 is 0. The van der Waals surface area contributed by atoms with Gasteiger partial charge in [0, 0.05) is 6.61 Å². The molecule has 0 amide bonds. The maximum absolute atomic E-state index is 8.07. The molecule has 0 unspecified atom stereocenters. The zero-order valence-corrected chi connectivity index (χ0v) is 8.90. The van der Waals surface area contributed by atoms with E-state index in [0.29, 0.717) is 6.61 Å². The average Bonchev–Trinajstić information content (AvgIpc) is 2.08. The minimum Gasteiger partial charge on any atom is -0.396 e. The summed E-state index contributed by atoms with van der Waals surface area (Å²) in [6.07, 6.45) is 6.05. The third-order valence-corrected chi connectivity index (χ3v) is 1.54.